The van der Waals surface area contributed by atoms with Crippen molar-refractivity contribution >= 4 is 21.8 Å². The number of nitrogens with two attached hydrogens (primary N) is 1. The van der Waals surface area contributed by atoms with Gasteiger partial charge in [-0.1, -0.05) is 12.1 Å². The van der Waals surface area contributed by atoms with Gasteiger partial charge in [0.2, 0.25) is 0 Å². The number of aryl methyl sites for hydroxylation is 1. The second-order valence-corrected chi connectivity index (χ2v) is 6.20. The Bertz CT molecular complexity index is 852. The highest BCUT2D eigenvalue weighted by molar-refractivity contribution is 7.87. The lowest BCUT2D eigenvalue weighted by Crippen LogP contribution is -2.14. The molecule has 0 atom stereocenters. The third kappa shape index (κ3) is 3.17. The molecule has 0 aliphatic heterocycles. The quantitative estimate of drug-likeness (QED) is 0.655. The Labute approximate surface area is 127 Å². The number of benzene rings is 1. The van der Waals surface area contributed by atoms with E-state index in [1.807, 2.05) is 0 Å². The molecule has 2 N–H and O–H groups in total. The number of carbonyl (C=O) groups excluding carboxylic acids is 2. The average Bonchev–Trinajstić information content (AvgIpc) is 2.81. The Hall–Kier alpha value is -2.61. The second-order valence-electron chi connectivity index (χ2n) is 4.66. The van der Waals surface area contributed by atoms with Crippen LogP contribution in [-0.4, -0.2) is 24.7 Å². The van der Waals surface area contributed by atoms with Crippen LogP contribution < -0.4 is 9.92 Å². The van der Waals surface area contributed by atoms with Crippen molar-refractivity contribution in [1.82, 2.24) is 4.57 Å². The normalized spacial score (nSPS) is 11.2. The summed E-state index contributed by atoms with van der Waals surface area (Å²) < 4.78 is 30.7. The van der Waals surface area contributed by atoms with Gasteiger partial charge >= 0.3 is 10.1 Å². The largest absolute Gasteiger partial charge is 0.379 e. The molecule has 0 spiro atoms. The Morgan fingerprint density at radius 3 is 2.45 bits per heavy atom. The van der Waals surface area contributed by atoms with Crippen LogP contribution in [0.3, 0.4) is 0 Å². The zero-order valence-corrected chi connectivity index (χ0v) is 12.8. The number of primary amides is 1. The van der Waals surface area contributed by atoms with Crippen molar-refractivity contribution in [2.75, 3.05) is 0 Å². The molecule has 2 rings (SSSR count). The number of hydrogen-bond donors (Lipinski definition) is 1. The first-order chi connectivity index (χ1) is 10.2. The topological polar surface area (TPSA) is 108 Å². The number of ketones is 1. The first-order valence-corrected chi connectivity index (χ1v) is 7.63. The van der Waals surface area contributed by atoms with Gasteiger partial charge in [0, 0.05) is 18.8 Å². The number of nitrogens with zero attached hydrogens (tertiary/aromatic N) is 1. The smallest absolute Gasteiger partial charge is 0.340 e. The molecule has 22 heavy (non-hydrogen) atoms. The van der Waals surface area contributed by atoms with E-state index in [4.69, 9.17) is 9.92 Å². The highest BCUT2D eigenvalue weighted by Crippen LogP contribution is 2.21. The van der Waals surface area contributed by atoms with Gasteiger partial charge in [0.25, 0.3) is 5.91 Å². The molecule has 0 saturated carbocycles. The molecule has 8 heteroatoms. The van der Waals surface area contributed by atoms with Crippen molar-refractivity contribution < 1.29 is 22.2 Å². The zero-order valence-electron chi connectivity index (χ0n) is 11.9. The van der Waals surface area contributed by atoms with Gasteiger partial charge in [-0.05, 0) is 25.1 Å². The van der Waals surface area contributed by atoms with E-state index in [9.17, 15) is 18.0 Å². The number of rotatable bonds is 5. The lowest BCUT2D eigenvalue weighted by Gasteiger charge is -2.06. The van der Waals surface area contributed by atoms with Gasteiger partial charge in [-0.15, -0.1) is 0 Å². The van der Waals surface area contributed by atoms with Gasteiger partial charge < -0.3 is 14.5 Å². The lowest BCUT2D eigenvalue weighted by molar-refractivity contribution is 0.0989. The summed E-state index contributed by atoms with van der Waals surface area (Å²) in [6, 6.07) is 6.95. The molecule has 0 bridgehead atoms. The maximum absolute atomic E-state index is 12.2. The van der Waals surface area contributed by atoms with E-state index in [1.165, 1.54) is 42.9 Å². The molecule has 1 aromatic carbocycles. The van der Waals surface area contributed by atoms with Crippen LogP contribution in [0, 0.1) is 0 Å². The third-order valence-corrected chi connectivity index (χ3v) is 4.18. The van der Waals surface area contributed by atoms with Crippen molar-refractivity contribution in [3.8, 4) is 5.75 Å². The van der Waals surface area contributed by atoms with Gasteiger partial charge in [-0.25, -0.2) is 0 Å². The maximum Gasteiger partial charge on any atom is 0.340 e. The molecule has 0 aliphatic carbocycles. The minimum absolute atomic E-state index is 0.0113. The highest BCUT2D eigenvalue weighted by Gasteiger charge is 2.21. The van der Waals surface area contributed by atoms with Crippen LogP contribution in [0.25, 0.3) is 0 Å². The molecule has 1 amide bonds. The van der Waals surface area contributed by atoms with E-state index in [-0.39, 0.29) is 22.1 Å². The van der Waals surface area contributed by atoms with Gasteiger partial charge in [-0.2, -0.15) is 8.42 Å². The molecule has 0 unspecified atom stereocenters. The van der Waals surface area contributed by atoms with Crippen LogP contribution in [0.4, 0.5) is 0 Å². The molecule has 0 saturated heterocycles. The van der Waals surface area contributed by atoms with Crippen molar-refractivity contribution in [2.24, 2.45) is 12.8 Å². The average molecular weight is 322 g/mol. The number of Topliss-reactive ketones (excluding diaryl/α,β-unsaturated/α-hetero) is 1. The van der Waals surface area contributed by atoms with E-state index >= 15 is 0 Å². The van der Waals surface area contributed by atoms with Crippen molar-refractivity contribution in [3.63, 3.8) is 0 Å². The summed E-state index contributed by atoms with van der Waals surface area (Å²) in [5.74, 6) is -0.946. The summed E-state index contributed by atoms with van der Waals surface area (Å²) in [4.78, 5) is 22.3. The minimum atomic E-state index is -4.13. The first kappa shape index (κ1) is 15.8. The second kappa shape index (κ2) is 5.64. The number of aromatic nitrogens is 1. The molecular formula is C14H14N2O5S. The summed E-state index contributed by atoms with van der Waals surface area (Å²) >= 11 is 0. The van der Waals surface area contributed by atoms with Crippen LogP contribution in [-0.2, 0) is 17.2 Å². The summed E-state index contributed by atoms with van der Waals surface area (Å²) in [7, 11) is -2.64. The van der Waals surface area contributed by atoms with E-state index in [2.05, 4.69) is 0 Å². The van der Waals surface area contributed by atoms with Gasteiger partial charge in [0.1, 0.15) is 16.3 Å². The number of amides is 1. The molecule has 2 aromatic rings. The number of carbonyl (C=O) groups is 2. The van der Waals surface area contributed by atoms with Gasteiger partial charge in [-0.3, -0.25) is 9.59 Å². The third-order valence-electron chi connectivity index (χ3n) is 2.97. The van der Waals surface area contributed by atoms with E-state index < -0.39 is 16.0 Å². The predicted octanol–water partition coefficient (Wildman–Crippen LogP) is 1.09. The molecular weight excluding hydrogens is 308 g/mol. The lowest BCUT2D eigenvalue weighted by atomic mass is 10.1. The SMILES string of the molecule is CC(=O)c1cccc(OS(=O)(=O)c2cc(C(N)=O)n(C)c2)c1. The van der Waals surface area contributed by atoms with Crippen LogP contribution in [0.5, 0.6) is 5.75 Å². The molecule has 0 aliphatic rings. The van der Waals surface area contributed by atoms with Crippen LogP contribution in [0.2, 0.25) is 0 Å². The van der Waals surface area contributed by atoms with E-state index in [0.29, 0.717) is 5.56 Å². The first-order valence-electron chi connectivity index (χ1n) is 6.22. The Kier molecular flexibility index (Phi) is 4.05. The Morgan fingerprint density at radius 2 is 1.91 bits per heavy atom. The predicted molar refractivity (Wildman–Crippen MR) is 78.2 cm³/mol. The highest BCUT2D eigenvalue weighted by atomic mass is 32.2. The summed E-state index contributed by atoms with van der Waals surface area (Å²) in [5, 5.41) is 0. The fourth-order valence-electron chi connectivity index (χ4n) is 1.86. The van der Waals surface area contributed by atoms with Crippen LogP contribution in [0.15, 0.2) is 41.4 Å². The van der Waals surface area contributed by atoms with Gasteiger partial charge in [0.05, 0.1) is 0 Å². The fraction of sp³-hybridized carbons (Fsp3) is 0.143. The molecule has 1 aromatic heterocycles. The molecule has 0 radical (unpaired) electrons. The van der Waals surface area contributed by atoms with Crippen LogP contribution >= 0.6 is 0 Å². The monoisotopic (exact) mass is 322 g/mol. The molecule has 7 nitrogen and oxygen atoms in total. The Morgan fingerprint density at radius 1 is 1.23 bits per heavy atom. The molecule has 116 valence electrons. The molecule has 0 fully saturated rings. The maximum atomic E-state index is 12.2. The van der Waals surface area contributed by atoms with Gasteiger partial charge in [0.15, 0.2) is 5.78 Å². The van der Waals surface area contributed by atoms with Crippen molar-refractivity contribution in [2.45, 2.75) is 11.8 Å². The van der Waals surface area contributed by atoms with Crippen molar-refractivity contribution in [1.29, 1.82) is 0 Å². The van der Waals surface area contributed by atoms with Crippen LogP contribution in [0.1, 0.15) is 27.8 Å². The summed E-state index contributed by atoms with van der Waals surface area (Å²) in [6.07, 6.45) is 1.23. The van der Waals surface area contributed by atoms with E-state index in [0.717, 1.165) is 6.07 Å². The Balaban J connectivity index is 2.36. The fourth-order valence-corrected chi connectivity index (χ4v) is 2.85. The molecule has 1 heterocycles. The minimum Gasteiger partial charge on any atom is -0.379 e. The van der Waals surface area contributed by atoms with E-state index in [1.54, 1.807) is 6.07 Å². The number of hydrogen-bond acceptors (Lipinski definition) is 5. The standard InChI is InChI=1S/C14H14N2O5S/c1-9(17)10-4-3-5-11(6-10)21-22(19,20)12-7-13(14(15)18)16(2)8-12/h3-8H,1-2H3,(H2,15,18). The summed E-state index contributed by atoms with van der Waals surface area (Å²) in [5.41, 5.74) is 5.52. The zero-order chi connectivity index (χ0) is 16.5. The van der Waals surface area contributed by atoms with Crippen molar-refractivity contribution in [3.05, 3.63) is 47.8 Å². The summed E-state index contributed by atoms with van der Waals surface area (Å²) in [6.45, 7) is 1.37.